The lowest BCUT2D eigenvalue weighted by Gasteiger charge is -2.25. The van der Waals surface area contributed by atoms with Crippen molar-refractivity contribution in [3.63, 3.8) is 0 Å². The molecule has 3 rings (SSSR count). The number of ether oxygens (including phenoxy) is 5. The summed E-state index contributed by atoms with van der Waals surface area (Å²) in [5.74, 6) is -0.420. The maximum atomic E-state index is 13.3. The molecule has 1 heterocycles. The number of hydrogen-bond acceptors (Lipinski definition) is 10. The minimum Gasteiger partial charge on any atom is -0.493 e. The zero-order valence-electron chi connectivity index (χ0n) is 25.5. The van der Waals surface area contributed by atoms with Crippen LogP contribution in [0.2, 0.25) is 10.0 Å². The number of halogens is 2. The van der Waals surface area contributed by atoms with Gasteiger partial charge in [0.2, 0.25) is 5.75 Å². The number of esters is 1. The summed E-state index contributed by atoms with van der Waals surface area (Å²) >= 11 is 12.3. The van der Waals surface area contributed by atoms with Gasteiger partial charge >= 0.3 is 11.9 Å². The Labute approximate surface area is 268 Å². The Morgan fingerprint density at radius 2 is 1.48 bits per heavy atom. The highest BCUT2D eigenvalue weighted by Crippen LogP contribution is 2.38. The molecule has 0 aliphatic carbocycles. The number of carbonyl (C=O) groups is 2. The molecule has 1 aliphatic heterocycles. The van der Waals surface area contributed by atoms with Gasteiger partial charge in [0.15, 0.2) is 11.5 Å². The van der Waals surface area contributed by atoms with Crippen LogP contribution < -0.4 is 18.9 Å². The van der Waals surface area contributed by atoms with E-state index < -0.39 is 18.0 Å². The first-order valence-corrected chi connectivity index (χ1v) is 15.4. The monoisotopic (exact) mass is 656 g/mol. The molecule has 13 heteroatoms. The fourth-order valence-corrected chi connectivity index (χ4v) is 5.43. The normalized spacial score (nSPS) is 14.9. The second-order valence-corrected chi connectivity index (χ2v) is 11.2. The number of carboxylic acids is 1. The summed E-state index contributed by atoms with van der Waals surface area (Å²) in [6.45, 7) is 5.75. The van der Waals surface area contributed by atoms with E-state index in [1.54, 1.807) is 12.1 Å². The fraction of sp³-hybridized carbons (Fsp3) is 0.548. The van der Waals surface area contributed by atoms with Crippen molar-refractivity contribution in [2.45, 2.75) is 38.2 Å². The number of benzene rings is 2. The van der Waals surface area contributed by atoms with Crippen LogP contribution in [0, 0.1) is 0 Å². The average Bonchev–Trinajstić information content (AvgIpc) is 3.26. The van der Waals surface area contributed by atoms with E-state index in [0.29, 0.717) is 36.5 Å². The van der Waals surface area contributed by atoms with Crippen LogP contribution in [0.1, 0.15) is 52.8 Å². The summed E-state index contributed by atoms with van der Waals surface area (Å²) in [5.41, 5.74) is 0.237. The van der Waals surface area contributed by atoms with Crippen molar-refractivity contribution in [3.05, 3.63) is 45.4 Å². The zero-order valence-corrected chi connectivity index (χ0v) is 27.0. The maximum absolute atomic E-state index is 13.3. The number of carbonyl (C=O) groups excluding carboxylic acids is 1. The van der Waals surface area contributed by atoms with Gasteiger partial charge in [0.05, 0.1) is 44.1 Å². The first-order valence-electron chi connectivity index (χ1n) is 14.6. The Hall–Kier alpha value is -2.96. The van der Waals surface area contributed by atoms with Gasteiger partial charge < -0.3 is 43.7 Å². The highest BCUT2D eigenvalue weighted by atomic mass is 35.5. The summed E-state index contributed by atoms with van der Waals surface area (Å²) in [5, 5.41) is 18.7. The lowest BCUT2D eigenvalue weighted by molar-refractivity contribution is 0.0221. The van der Waals surface area contributed by atoms with Crippen LogP contribution in [0.25, 0.3) is 0 Å². The number of aliphatic hydroxyl groups excluding tert-OH is 1. The van der Waals surface area contributed by atoms with E-state index in [-0.39, 0.29) is 40.1 Å². The molecule has 0 bridgehead atoms. The van der Waals surface area contributed by atoms with E-state index in [9.17, 15) is 19.8 Å². The van der Waals surface area contributed by atoms with Crippen LogP contribution in [-0.4, -0.2) is 112 Å². The minimum atomic E-state index is -1.14. The molecule has 1 unspecified atom stereocenters. The number of hydrogen-bond donors (Lipinski definition) is 2. The van der Waals surface area contributed by atoms with E-state index >= 15 is 0 Å². The maximum Gasteiger partial charge on any atom is 0.338 e. The van der Waals surface area contributed by atoms with Gasteiger partial charge in [0, 0.05) is 32.8 Å². The van der Waals surface area contributed by atoms with Crippen molar-refractivity contribution < 1.29 is 43.5 Å². The molecule has 0 saturated carbocycles. The molecule has 0 aromatic heterocycles. The van der Waals surface area contributed by atoms with E-state index in [1.807, 2.05) is 0 Å². The van der Waals surface area contributed by atoms with E-state index in [4.69, 9.17) is 46.9 Å². The Bertz CT molecular complexity index is 1220. The first-order chi connectivity index (χ1) is 21.2. The van der Waals surface area contributed by atoms with Crippen molar-refractivity contribution in [3.8, 4) is 23.0 Å². The van der Waals surface area contributed by atoms with Crippen LogP contribution >= 0.6 is 23.2 Å². The molecule has 2 N–H and O–H groups in total. The number of carboxylic acid groups (broad SMARTS) is 1. The van der Waals surface area contributed by atoms with Gasteiger partial charge in [-0.15, -0.1) is 0 Å². The quantitative estimate of drug-likeness (QED) is 0.179. The third-order valence-corrected chi connectivity index (χ3v) is 8.21. The lowest BCUT2D eigenvalue weighted by atomic mass is 10.1. The number of rotatable bonds is 17. The van der Waals surface area contributed by atoms with Crippen LogP contribution in [-0.2, 0) is 4.74 Å². The first kappa shape index (κ1) is 35.5. The molecule has 0 spiro atoms. The second kappa shape index (κ2) is 18.1. The van der Waals surface area contributed by atoms with E-state index in [2.05, 4.69) is 9.80 Å². The zero-order chi connectivity index (χ0) is 32.1. The van der Waals surface area contributed by atoms with Crippen molar-refractivity contribution >= 4 is 35.1 Å². The van der Waals surface area contributed by atoms with Crippen LogP contribution in [0.5, 0.6) is 23.0 Å². The third-order valence-electron chi connectivity index (χ3n) is 7.42. The molecule has 0 radical (unpaired) electrons. The van der Waals surface area contributed by atoms with Crippen molar-refractivity contribution in [2.24, 2.45) is 0 Å². The lowest BCUT2D eigenvalue weighted by Crippen LogP contribution is -2.34. The average molecular weight is 658 g/mol. The number of nitrogens with zero attached hydrogens (tertiary/aromatic N) is 2. The summed E-state index contributed by atoms with van der Waals surface area (Å²) in [6, 6.07) is 5.72. The topological polar surface area (TPSA) is 127 Å². The standard InChI is InChI=1S/C31H42Cl2N2O9/c1-40-26-19-22(20-27(41-2)29(26)42-3)31(39)44-23(8-12-35-10-5-9-34(13-14-35)11-6-15-36)7-4-16-43-25-18-21(30(37)38)17-24(32)28(25)33/h17-20,23,36H,4-16H2,1-3H3,(H,37,38). The van der Waals surface area contributed by atoms with Crippen molar-refractivity contribution in [2.75, 3.05) is 73.8 Å². The van der Waals surface area contributed by atoms with Gasteiger partial charge in [-0.05, 0) is 69.5 Å². The van der Waals surface area contributed by atoms with Gasteiger partial charge in [-0.2, -0.15) is 0 Å². The van der Waals surface area contributed by atoms with Gasteiger partial charge in [0.25, 0.3) is 0 Å². The molecule has 2 aromatic rings. The van der Waals surface area contributed by atoms with Gasteiger partial charge in [-0.1, -0.05) is 23.2 Å². The Morgan fingerprint density at radius 1 is 0.841 bits per heavy atom. The van der Waals surface area contributed by atoms with Crippen LogP contribution in [0.3, 0.4) is 0 Å². The number of methoxy groups -OCH3 is 3. The summed E-state index contributed by atoms with van der Waals surface area (Å²) in [4.78, 5) is 29.5. The Morgan fingerprint density at radius 3 is 2.07 bits per heavy atom. The smallest absolute Gasteiger partial charge is 0.338 e. The number of aliphatic hydroxyl groups is 1. The Kier molecular flexibility index (Phi) is 14.6. The van der Waals surface area contributed by atoms with E-state index in [1.165, 1.54) is 33.5 Å². The molecule has 2 aromatic carbocycles. The van der Waals surface area contributed by atoms with Gasteiger partial charge in [-0.3, -0.25) is 0 Å². The summed E-state index contributed by atoms with van der Waals surface area (Å²) < 4.78 is 28.0. The predicted molar refractivity (Wildman–Crippen MR) is 167 cm³/mol. The molecule has 44 heavy (non-hydrogen) atoms. The molecular formula is C31H42Cl2N2O9. The minimum absolute atomic E-state index is 0.0288. The summed E-state index contributed by atoms with van der Waals surface area (Å²) in [6.07, 6.45) is 2.97. The molecule has 244 valence electrons. The van der Waals surface area contributed by atoms with Crippen molar-refractivity contribution in [1.29, 1.82) is 0 Å². The Balaban J connectivity index is 1.68. The van der Waals surface area contributed by atoms with Crippen LogP contribution in [0.15, 0.2) is 24.3 Å². The predicted octanol–water partition coefficient (Wildman–Crippen LogP) is 4.88. The summed E-state index contributed by atoms with van der Waals surface area (Å²) in [7, 11) is 4.45. The molecular weight excluding hydrogens is 615 g/mol. The third kappa shape index (κ3) is 10.3. The molecule has 1 saturated heterocycles. The fourth-order valence-electron chi connectivity index (χ4n) is 5.06. The molecule has 0 amide bonds. The molecule has 1 aliphatic rings. The molecule has 1 fully saturated rings. The second-order valence-electron chi connectivity index (χ2n) is 10.4. The van der Waals surface area contributed by atoms with Crippen LogP contribution in [0.4, 0.5) is 0 Å². The molecule has 1 atom stereocenters. The number of aromatic carboxylic acids is 1. The van der Waals surface area contributed by atoms with Gasteiger partial charge in [-0.25, -0.2) is 9.59 Å². The van der Waals surface area contributed by atoms with E-state index in [0.717, 1.165) is 52.1 Å². The SMILES string of the molecule is COc1cc(C(=O)OC(CCCOc2cc(C(=O)O)cc(Cl)c2Cl)CCN2CCCN(CCCO)CC2)cc(OC)c1OC. The van der Waals surface area contributed by atoms with Gasteiger partial charge in [0.1, 0.15) is 16.9 Å². The van der Waals surface area contributed by atoms with Crippen molar-refractivity contribution in [1.82, 2.24) is 9.80 Å². The highest BCUT2D eigenvalue weighted by Gasteiger charge is 2.23. The molecule has 11 nitrogen and oxygen atoms in total. The highest BCUT2D eigenvalue weighted by molar-refractivity contribution is 6.43. The largest absolute Gasteiger partial charge is 0.493 e.